The number of benzene rings is 1. The van der Waals surface area contributed by atoms with Crippen molar-refractivity contribution in [2.75, 3.05) is 0 Å². The number of rotatable bonds is 4. The molecule has 0 fully saturated rings. The van der Waals surface area contributed by atoms with Gasteiger partial charge in [-0.1, -0.05) is 18.2 Å². The van der Waals surface area contributed by atoms with Gasteiger partial charge in [0.1, 0.15) is 12.4 Å². The molecule has 0 amide bonds. The van der Waals surface area contributed by atoms with E-state index >= 15 is 0 Å². The molecule has 0 saturated heterocycles. The van der Waals surface area contributed by atoms with Crippen molar-refractivity contribution in [2.45, 2.75) is 20.5 Å². The summed E-state index contributed by atoms with van der Waals surface area (Å²) in [4.78, 5) is 16.3. The second-order valence-electron chi connectivity index (χ2n) is 5.41. The third kappa shape index (κ3) is 3.32. The van der Waals surface area contributed by atoms with Crippen molar-refractivity contribution in [2.24, 2.45) is 0 Å². The summed E-state index contributed by atoms with van der Waals surface area (Å²) in [6.45, 7) is 3.71. The number of halogens is 1. The van der Waals surface area contributed by atoms with Crippen molar-refractivity contribution < 1.29 is 13.9 Å². The van der Waals surface area contributed by atoms with Crippen molar-refractivity contribution in [3.05, 3.63) is 77.0 Å². The predicted molar refractivity (Wildman–Crippen MR) is 86.4 cm³/mol. The number of esters is 1. The van der Waals surface area contributed by atoms with Crippen molar-refractivity contribution in [3.8, 4) is 5.82 Å². The van der Waals surface area contributed by atoms with Crippen molar-refractivity contribution >= 4 is 5.97 Å². The van der Waals surface area contributed by atoms with Gasteiger partial charge in [0, 0.05) is 17.5 Å². The van der Waals surface area contributed by atoms with E-state index in [1.807, 2.05) is 19.9 Å². The van der Waals surface area contributed by atoms with Gasteiger partial charge in [-0.25, -0.2) is 18.9 Å². The quantitative estimate of drug-likeness (QED) is 0.690. The smallest absolute Gasteiger partial charge is 0.340 e. The summed E-state index contributed by atoms with van der Waals surface area (Å²) in [7, 11) is 0. The van der Waals surface area contributed by atoms with Gasteiger partial charge in [-0.3, -0.25) is 0 Å². The van der Waals surface area contributed by atoms with Gasteiger partial charge in [-0.05, 0) is 38.1 Å². The number of carbonyl (C=O) groups is 1. The van der Waals surface area contributed by atoms with Crippen LogP contribution < -0.4 is 0 Å². The maximum Gasteiger partial charge on any atom is 0.340 e. The molecule has 0 unspecified atom stereocenters. The molecule has 0 aliphatic carbocycles. The van der Waals surface area contributed by atoms with Crippen LogP contribution in [0.25, 0.3) is 5.82 Å². The number of hydrogen-bond donors (Lipinski definition) is 0. The first-order chi connectivity index (χ1) is 11.5. The minimum Gasteiger partial charge on any atom is -0.457 e. The first-order valence-electron chi connectivity index (χ1n) is 7.45. The highest BCUT2D eigenvalue weighted by molar-refractivity contribution is 5.89. The molecule has 122 valence electrons. The fourth-order valence-electron chi connectivity index (χ4n) is 2.34. The fraction of sp³-hybridized carbons (Fsp3) is 0.167. The third-order valence-corrected chi connectivity index (χ3v) is 3.53. The number of hydrogen-bond acceptors (Lipinski definition) is 4. The molecule has 0 aliphatic rings. The minimum absolute atomic E-state index is 0.120. The summed E-state index contributed by atoms with van der Waals surface area (Å²) in [6, 6.07) is 11.4. The number of aromatic nitrogens is 3. The van der Waals surface area contributed by atoms with Crippen LogP contribution >= 0.6 is 0 Å². The highest BCUT2D eigenvalue weighted by Gasteiger charge is 2.11. The van der Waals surface area contributed by atoms with Gasteiger partial charge >= 0.3 is 5.97 Å². The summed E-state index contributed by atoms with van der Waals surface area (Å²) < 4.78 is 20.3. The molecule has 0 aliphatic heterocycles. The molecule has 5 nitrogen and oxygen atoms in total. The second-order valence-corrected chi connectivity index (χ2v) is 5.41. The molecule has 0 N–H and O–H groups in total. The van der Waals surface area contributed by atoms with E-state index in [4.69, 9.17) is 4.74 Å². The Morgan fingerprint density at radius 3 is 2.62 bits per heavy atom. The van der Waals surface area contributed by atoms with E-state index in [2.05, 4.69) is 10.1 Å². The van der Waals surface area contributed by atoms with Crippen LogP contribution in [0.1, 0.15) is 27.3 Å². The van der Waals surface area contributed by atoms with Gasteiger partial charge in [0.2, 0.25) is 0 Å². The number of aryl methyl sites for hydroxylation is 2. The summed E-state index contributed by atoms with van der Waals surface area (Å²) >= 11 is 0. The summed E-state index contributed by atoms with van der Waals surface area (Å²) in [6.07, 6.45) is 1.43. The Morgan fingerprint density at radius 1 is 1.21 bits per heavy atom. The molecule has 0 saturated carbocycles. The molecule has 3 rings (SSSR count). The van der Waals surface area contributed by atoms with E-state index in [-0.39, 0.29) is 6.61 Å². The van der Waals surface area contributed by atoms with Gasteiger partial charge in [0.05, 0.1) is 11.3 Å². The van der Waals surface area contributed by atoms with Crippen LogP contribution in [-0.2, 0) is 11.3 Å². The standard InChI is InChI=1S/C18H16FN3O2/c1-12-9-13(2)22(21-12)17-8-7-14(10-20-17)18(23)24-11-15-5-3-4-6-16(15)19/h3-10H,11H2,1-2H3. The van der Waals surface area contributed by atoms with E-state index < -0.39 is 11.8 Å². The van der Waals surface area contributed by atoms with Crippen LogP contribution in [0.15, 0.2) is 48.7 Å². The molecule has 2 aromatic heterocycles. The van der Waals surface area contributed by atoms with Crippen LogP contribution in [0.5, 0.6) is 0 Å². The first-order valence-corrected chi connectivity index (χ1v) is 7.45. The number of ether oxygens (including phenoxy) is 1. The molecule has 0 spiro atoms. The van der Waals surface area contributed by atoms with Crippen LogP contribution in [0.3, 0.4) is 0 Å². The Bertz CT molecular complexity index is 872. The average molecular weight is 325 g/mol. The van der Waals surface area contributed by atoms with E-state index in [9.17, 15) is 9.18 Å². The first kappa shape index (κ1) is 15.9. The molecule has 6 heteroatoms. The summed E-state index contributed by atoms with van der Waals surface area (Å²) in [5.41, 5.74) is 2.48. The van der Waals surface area contributed by atoms with Gasteiger partial charge in [-0.2, -0.15) is 5.10 Å². The lowest BCUT2D eigenvalue weighted by Gasteiger charge is -2.07. The van der Waals surface area contributed by atoms with Gasteiger partial charge in [-0.15, -0.1) is 0 Å². The Kier molecular flexibility index (Phi) is 4.37. The molecular formula is C18H16FN3O2. The summed E-state index contributed by atoms with van der Waals surface area (Å²) in [5.74, 6) is -0.333. The monoisotopic (exact) mass is 325 g/mol. The molecular weight excluding hydrogens is 309 g/mol. The lowest BCUT2D eigenvalue weighted by atomic mass is 10.2. The predicted octanol–water partition coefficient (Wildman–Crippen LogP) is 3.38. The van der Waals surface area contributed by atoms with E-state index in [0.717, 1.165) is 11.4 Å². The molecule has 0 atom stereocenters. The Hall–Kier alpha value is -3.02. The zero-order chi connectivity index (χ0) is 17.1. The second kappa shape index (κ2) is 6.62. The molecule has 3 aromatic rings. The molecule has 0 bridgehead atoms. The van der Waals surface area contributed by atoms with E-state index in [0.29, 0.717) is 16.9 Å². The van der Waals surface area contributed by atoms with Gasteiger partial charge in [0.25, 0.3) is 0 Å². The lowest BCUT2D eigenvalue weighted by Crippen LogP contribution is -2.08. The van der Waals surface area contributed by atoms with Crippen molar-refractivity contribution in [1.29, 1.82) is 0 Å². The Labute approximate surface area is 138 Å². The van der Waals surface area contributed by atoms with Crippen molar-refractivity contribution in [1.82, 2.24) is 14.8 Å². The number of carbonyl (C=O) groups excluding carboxylic acids is 1. The minimum atomic E-state index is -0.550. The van der Waals surface area contributed by atoms with E-state index in [1.54, 1.807) is 35.0 Å². The maximum absolute atomic E-state index is 13.5. The van der Waals surface area contributed by atoms with Gasteiger partial charge in [0.15, 0.2) is 5.82 Å². The van der Waals surface area contributed by atoms with Gasteiger partial charge < -0.3 is 4.74 Å². The zero-order valence-electron chi connectivity index (χ0n) is 13.4. The Morgan fingerprint density at radius 2 is 2.00 bits per heavy atom. The lowest BCUT2D eigenvalue weighted by molar-refractivity contribution is 0.0468. The Balaban J connectivity index is 1.70. The highest BCUT2D eigenvalue weighted by atomic mass is 19.1. The summed E-state index contributed by atoms with van der Waals surface area (Å²) in [5, 5.41) is 4.34. The molecule has 24 heavy (non-hydrogen) atoms. The maximum atomic E-state index is 13.5. The van der Waals surface area contributed by atoms with Crippen LogP contribution in [0, 0.1) is 19.7 Å². The van der Waals surface area contributed by atoms with E-state index in [1.165, 1.54) is 12.3 Å². The molecule has 2 heterocycles. The van der Waals surface area contributed by atoms with Crippen LogP contribution in [0.4, 0.5) is 4.39 Å². The third-order valence-electron chi connectivity index (χ3n) is 3.53. The average Bonchev–Trinajstić information content (AvgIpc) is 2.92. The zero-order valence-corrected chi connectivity index (χ0v) is 13.4. The highest BCUT2D eigenvalue weighted by Crippen LogP contribution is 2.12. The number of pyridine rings is 1. The van der Waals surface area contributed by atoms with Crippen LogP contribution in [-0.4, -0.2) is 20.7 Å². The topological polar surface area (TPSA) is 57.0 Å². The van der Waals surface area contributed by atoms with Crippen molar-refractivity contribution in [3.63, 3.8) is 0 Å². The molecule has 1 aromatic carbocycles. The fourth-order valence-corrected chi connectivity index (χ4v) is 2.34. The normalized spacial score (nSPS) is 10.6. The SMILES string of the molecule is Cc1cc(C)n(-c2ccc(C(=O)OCc3ccccc3F)cn2)n1. The van der Waals surface area contributed by atoms with Crippen LogP contribution in [0.2, 0.25) is 0 Å². The number of nitrogens with zero attached hydrogens (tertiary/aromatic N) is 3. The largest absolute Gasteiger partial charge is 0.457 e. The molecule has 0 radical (unpaired) electrons.